The highest BCUT2D eigenvalue weighted by Gasteiger charge is 2.47. The first kappa shape index (κ1) is 25.0. The fraction of sp³-hybridized carbons (Fsp3) is 0.536. The van der Waals surface area contributed by atoms with Gasteiger partial charge in [-0.25, -0.2) is 4.79 Å². The van der Waals surface area contributed by atoms with Crippen molar-refractivity contribution in [3.63, 3.8) is 0 Å². The summed E-state index contributed by atoms with van der Waals surface area (Å²) in [6.45, 7) is 2.84. The maximum Gasteiger partial charge on any atom is 0.338 e. The molecule has 6 heteroatoms. The molecule has 1 aromatic carbocycles. The Hall–Kier alpha value is -2.15. The number of hydrogen-bond donors (Lipinski definition) is 1. The van der Waals surface area contributed by atoms with Gasteiger partial charge in [0.25, 0.3) is 0 Å². The van der Waals surface area contributed by atoms with Crippen molar-refractivity contribution in [3.05, 3.63) is 69.1 Å². The summed E-state index contributed by atoms with van der Waals surface area (Å²) >= 11 is 1.65. The number of esters is 1. The largest absolute Gasteiger partial charge is 0.512 e. The molecule has 1 aromatic heterocycles. The number of aryl methyl sites for hydroxylation is 1. The molecule has 0 bridgehead atoms. The fourth-order valence-electron chi connectivity index (χ4n) is 5.14. The first-order chi connectivity index (χ1) is 16.5. The lowest BCUT2D eigenvalue weighted by atomic mass is 9.81. The van der Waals surface area contributed by atoms with E-state index in [1.54, 1.807) is 18.4 Å². The predicted molar refractivity (Wildman–Crippen MR) is 134 cm³/mol. The normalized spacial score (nSPS) is 21.5. The van der Waals surface area contributed by atoms with Crippen molar-refractivity contribution in [2.45, 2.75) is 76.4 Å². The number of carbonyl (C=O) groups is 1. The third-order valence-electron chi connectivity index (χ3n) is 6.81. The van der Waals surface area contributed by atoms with Crippen molar-refractivity contribution in [1.82, 2.24) is 0 Å². The van der Waals surface area contributed by atoms with Crippen LogP contribution in [0.2, 0.25) is 0 Å². The van der Waals surface area contributed by atoms with E-state index in [0.717, 1.165) is 54.7 Å². The van der Waals surface area contributed by atoms with Crippen LogP contribution in [0.3, 0.4) is 0 Å². The van der Waals surface area contributed by atoms with Gasteiger partial charge in [-0.1, -0.05) is 43.7 Å². The second-order valence-electron chi connectivity index (χ2n) is 9.57. The summed E-state index contributed by atoms with van der Waals surface area (Å²) in [6, 6.07) is 14.5. The molecule has 4 rings (SSSR count). The van der Waals surface area contributed by atoms with Gasteiger partial charge in [0, 0.05) is 29.2 Å². The number of aliphatic hydroxyl groups excluding tert-OH is 1. The van der Waals surface area contributed by atoms with Crippen LogP contribution in [0.5, 0.6) is 0 Å². The molecule has 1 aliphatic carbocycles. The molecule has 0 saturated heterocycles. The standard InChI is InChI=1S/C28H36O5S/c1-3-15-28(16-7-10-20-8-5-4-6-9-20)17-23(29)26(27(30)33-28)25(21-11-12-21)24-14-13-22(34-24)18-32-19-31-2/h4-6,8-9,13-14,21,25,29H,3,7,10-12,15-19H2,1-2H3. The first-order valence-electron chi connectivity index (χ1n) is 12.4. The smallest absolute Gasteiger partial charge is 0.338 e. The number of carbonyl (C=O) groups excluding carboxylic acids is 1. The number of cyclic esters (lactones) is 1. The van der Waals surface area contributed by atoms with Crippen LogP contribution in [-0.2, 0) is 32.0 Å². The van der Waals surface area contributed by atoms with Crippen LogP contribution < -0.4 is 0 Å². The van der Waals surface area contributed by atoms with Crippen molar-refractivity contribution in [2.75, 3.05) is 13.9 Å². The van der Waals surface area contributed by atoms with Crippen LogP contribution in [0, 0.1) is 5.92 Å². The van der Waals surface area contributed by atoms with Gasteiger partial charge in [0.15, 0.2) is 0 Å². The SMILES string of the molecule is CCCC1(CCCc2ccccc2)CC(O)=C(C(c2ccc(COCOC)s2)C2CC2)C(=O)O1. The molecule has 1 saturated carbocycles. The van der Waals surface area contributed by atoms with Crippen molar-refractivity contribution in [1.29, 1.82) is 0 Å². The van der Waals surface area contributed by atoms with E-state index in [1.807, 2.05) is 12.1 Å². The average molecular weight is 485 g/mol. The summed E-state index contributed by atoms with van der Waals surface area (Å²) in [7, 11) is 1.60. The maximum absolute atomic E-state index is 13.4. The van der Waals surface area contributed by atoms with E-state index in [-0.39, 0.29) is 24.4 Å². The molecule has 2 atom stereocenters. The molecular weight excluding hydrogens is 448 g/mol. The number of aliphatic hydroxyl groups is 1. The monoisotopic (exact) mass is 484 g/mol. The number of ether oxygens (including phenoxy) is 3. The zero-order chi connectivity index (χ0) is 24.0. The van der Waals surface area contributed by atoms with Gasteiger partial charge in [-0.05, 0) is 62.1 Å². The molecule has 0 spiro atoms. The van der Waals surface area contributed by atoms with E-state index in [1.165, 1.54) is 5.56 Å². The van der Waals surface area contributed by atoms with Crippen molar-refractivity contribution in [3.8, 4) is 0 Å². The van der Waals surface area contributed by atoms with Crippen LogP contribution in [-0.4, -0.2) is 30.6 Å². The molecule has 2 aliphatic rings. The zero-order valence-electron chi connectivity index (χ0n) is 20.3. The van der Waals surface area contributed by atoms with Crippen LogP contribution in [0.1, 0.15) is 73.1 Å². The zero-order valence-corrected chi connectivity index (χ0v) is 21.1. The maximum atomic E-state index is 13.4. The summed E-state index contributed by atoms with van der Waals surface area (Å²) in [5.41, 5.74) is 1.15. The van der Waals surface area contributed by atoms with E-state index in [2.05, 4.69) is 37.3 Å². The van der Waals surface area contributed by atoms with E-state index in [0.29, 0.717) is 24.5 Å². The topological polar surface area (TPSA) is 65.0 Å². The lowest BCUT2D eigenvalue weighted by Gasteiger charge is -2.38. The summed E-state index contributed by atoms with van der Waals surface area (Å²) in [4.78, 5) is 15.6. The molecule has 0 amide bonds. The third-order valence-corrected chi connectivity index (χ3v) is 7.96. The Morgan fingerprint density at radius 1 is 1.18 bits per heavy atom. The van der Waals surface area contributed by atoms with Gasteiger partial charge >= 0.3 is 5.97 Å². The van der Waals surface area contributed by atoms with Crippen LogP contribution in [0.4, 0.5) is 0 Å². The predicted octanol–water partition coefficient (Wildman–Crippen LogP) is 6.68. The molecule has 2 aromatic rings. The molecule has 5 nitrogen and oxygen atoms in total. The number of hydrogen-bond acceptors (Lipinski definition) is 6. The number of rotatable bonds is 13. The Labute approximate surface area is 206 Å². The van der Waals surface area contributed by atoms with E-state index in [4.69, 9.17) is 14.2 Å². The van der Waals surface area contributed by atoms with Gasteiger partial charge in [-0.15, -0.1) is 11.3 Å². The fourth-order valence-corrected chi connectivity index (χ4v) is 6.29. The molecule has 2 heterocycles. The highest BCUT2D eigenvalue weighted by Crippen LogP contribution is 2.51. The number of thiophene rings is 1. The van der Waals surface area contributed by atoms with Crippen molar-refractivity contribution in [2.24, 2.45) is 5.92 Å². The molecule has 2 unspecified atom stereocenters. The molecule has 1 N–H and O–H groups in total. The Kier molecular flexibility index (Phi) is 8.46. The molecule has 0 radical (unpaired) electrons. The number of benzene rings is 1. The van der Waals surface area contributed by atoms with Crippen LogP contribution in [0.25, 0.3) is 0 Å². The molecule has 1 fully saturated rings. The van der Waals surface area contributed by atoms with E-state index in [9.17, 15) is 9.90 Å². The van der Waals surface area contributed by atoms with Gasteiger partial charge in [-0.3, -0.25) is 0 Å². The minimum atomic E-state index is -0.614. The van der Waals surface area contributed by atoms with Gasteiger partial charge in [0.1, 0.15) is 18.2 Å². The lowest BCUT2D eigenvalue weighted by Crippen LogP contribution is -2.41. The Morgan fingerprint density at radius 2 is 1.97 bits per heavy atom. The molecule has 184 valence electrons. The van der Waals surface area contributed by atoms with Crippen LogP contribution >= 0.6 is 11.3 Å². The highest BCUT2D eigenvalue weighted by molar-refractivity contribution is 7.12. The Morgan fingerprint density at radius 3 is 2.65 bits per heavy atom. The second-order valence-corrected chi connectivity index (χ2v) is 10.8. The average Bonchev–Trinajstić information content (AvgIpc) is 3.55. The van der Waals surface area contributed by atoms with Crippen molar-refractivity contribution < 1.29 is 24.1 Å². The van der Waals surface area contributed by atoms with Gasteiger partial charge in [0.2, 0.25) is 0 Å². The Balaban J connectivity index is 1.50. The second kappa shape index (κ2) is 11.5. The molecule has 34 heavy (non-hydrogen) atoms. The Bertz CT molecular complexity index is 978. The van der Waals surface area contributed by atoms with Gasteiger partial charge < -0.3 is 19.3 Å². The molecule has 1 aliphatic heterocycles. The van der Waals surface area contributed by atoms with Crippen LogP contribution in [0.15, 0.2) is 53.8 Å². The number of methoxy groups -OCH3 is 1. The van der Waals surface area contributed by atoms with E-state index >= 15 is 0 Å². The van der Waals surface area contributed by atoms with Crippen molar-refractivity contribution >= 4 is 17.3 Å². The minimum absolute atomic E-state index is 0.0994. The quantitative estimate of drug-likeness (QED) is 0.195. The lowest BCUT2D eigenvalue weighted by molar-refractivity contribution is -0.161. The summed E-state index contributed by atoms with van der Waals surface area (Å²) in [6.07, 6.45) is 6.83. The summed E-state index contributed by atoms with van der Waals surface area (Å²) in [5, 5.41) is 11.2. The first-order valence-corrected chi connectivity index (χ1v) is 13.2. The third kappa shape index (κ3) is 6.09. The van der Waals surface area contributed by atoms with E-state index < -0.39 is 5.60 Å². The van der Waals surface area contributed by atoms with Gasteiger partial charge in [0.05, 0.1) is 12.2 Å². The highest BCUT2D eigenvalue weighted by atomic mass is 32.1. The van der Waals surface area contributed by atoms with Gasteiger partial charge in [-0.2, -0.15) is 0 Å². The summed E-state index contributed by atoms with van der Waals surface area (Å²) < 4.78 is 16.7. The minimum Gasteiger partial charge on any atom is -0.512 e. The summed E-state index contributed by atoms with van der Waals surface area (Å²) in [5.74, 6) is 0.178. The molecular formula is C28H36O5S.